The van der Waals surface area contributed by atoms with Gasteiger partial charge in [-0.15, -0.1) is 0 Å². The molecule has 0 saturated carbocycles. The number of carboxylic acid groups (broad SMARTS) is 2. The fourth-order valence-corrected chi connectivity index (χ4v) is 4.46. The lowest BCUT2D eigenvalue weighted by molar-refractivity contribution is -0.192. The lowest BCUT2D eigenvalue weighted by Gasteiger charge is -2.32. The van der Waals surface area contributed by atoms with Crippen molar-refractivity contribution in [3.05, 3.63) is 35.9 Å². The molecule has 5 amide bonds. The summed E-state index contributed by atoms with van der Waals surface area (Å²) in [5.41, 5.74) is 16.7. The summed E-state index contributed by atoms with van der Waals surface area (Å²) < 4.78 is 31.7. The summed E-state index contributed by atoms with van der Waals surface area (Å²) in [6.45, 7) is -0.0340. The number of halogens is 3. The molecule has 12 N–H and O–H groups in total. The molecule has 0 aliphatic carbocycles. The minimum Gasteiger partial charge on any atom is -0.480 e. The van der Waals surface area contributed by atoms with Crippen molar-refractivity contribution in [1.29, 1.82) is 0 Å². The van der Waals surface area contributed by atoms with Crippen LogP contribution in [0.1, 0.15) is 50.1 Å². The molecule has 0 bridgehead atoms. The van der Waals surface area contributed by atoms with Crippen LogP contribution in [0.3, 0.4) is 0 Å². The fraction of sp³-hybridized carbons (Fsp3) is 0.517. The zero-order valence-electron chi connectivity index (χ0n) is 27.1. The van der Waals surface area contributed by atoms with E-state index in [4.69, 9.17) is 27.1 Å². The van der Waals surface area contributed by atoms with Crippen molar-refractivity contribution in [3.63, 3.8) is 0 Å². The molecule has 21 heteroatoms. The van der Waals surface area contributed by atoms with Gasteiger partial charge in [0, 0.05) is 13.6 Å². The predicted molar refractivity (Wildman–Crippen MR) is 170 cm³/mol. The van der Waals surface area contributed by atoms with Crippen LogP contribution in [0.2, 0.25) is 0 Å². The molecule has 1 heterocycles. The topological polar surface area (TPSA) is 302 Å². The molecule has 1 fully saturated rings. The normalized spacial score (nSPS) is 21.0. The Labute approximate surface area is 284 Å². The summed E-state index contributed by atoms with van der Waals surface area (Å²) in [6, 6.07) is 2.95. The summed E-state index contributed by atoms with van der Waals surface area (Å²) in [7, 11) is 1.41. The first-order valence-electron chi connectivity index (χ1n) is 15.2. The molecule has 2 rings (SSSR count). The van der Waals surface area contributed by atoms with Gasteiger partial charge in [0.15, 0.2) is 5.96 Å². The Kier molecular flexibility index (Phi) is 17.7. The molecule has 1 aliphatic rings. The Morgan fingerprint density at radius 3 is 2.08 bits per heavy atom. The van der Waals surface area contributed by atoms with Crippen molar-refractivity contribution in [2.75, 3.05) is 26.7 Å². The first kappa shape index (κ1) is 42.6. The molecular weight excluding hydrogens is 675 g/mol. The monoisotopic (exact) mass is 717 g/mol. The molecule has 50 heavy (non-hydrogen) atoms. The van der Waals surface area contributed by atoms with Crippen LogP contribution >= 0.6 is 0 Å². The molecule has 1 aliphatic heterocycles. The Bertz CT molecular complexity index is 1380. The Hall–Kier alpha value is -5.47. The van der Waals surface area contributed by atoms with Crippen molar-refractivity contribution in [3.8, 4) is 0 Å². The lowest BCUT2D eigenvalue weighted by atomic mass is 10.0. The highest BCUT2D eigenvalue weighted by molar-refractivity contribution is 5.97. The first-order valence-corrected chi connectivity index (χ1v) is 15.2. The van der Waals surface area contributed by atoms with E-state index in [0.717, 1.165) is 0 Å². The van der Waals surface area contributed by atoms with Crippen molar-refractivity contribution >= 4 is 47.4 Å². The third kappa shape index (κ3) is 15.2. The Morgan fingerprint density at radius 1 is 0.920 bits per heavy atom. The average Bonchev–Trinajstić information content (AvgIpc) is 3.04. The molecule has 1 aromatic carbocycles. The number of rotatable bonds is 10. The van der Waals surface area contributed by atoms with E-state index in [2.05, 4.69) is 26.3 Å². The summed E-state index contributed by atoms with van der Waals surface area (Å²) in [5, 5.41) is 26.6. The number of aliphatic carboxylic acids is 2. The minimum absolute atomic E-state index is 0.104. The highest BCUT2D eigenvalue weighted by Gasteiger charge is 2.38. The van der Waals surface area contributed by atoms with E-state index in [-0.39, 0.29) is 25.3 Å². The van der Waals surface area contributed by atoms with Gasteiger partial charge in [0.25, 0.3) is 0 Å². The quantitative estimate of drug-likeness (QED) is 0.0726. The largest absolute Gasteiger partial charge is 0.490 e. The summed E-state index contributed by atoms with van der Waals surface area (Å²) in [4.78, 5) is 91.9. The zero-order chi connectivity index (χ0) is 38.0. The number of benzene rings is 1. The second-order valence-corrected chi connectivity index (χ2v) is 10.9. The highest BCUT2D eigenvalue weighted by atomic mass is 19.4. The number of carboxylic acids is 2. The number of unbranched alkanes of at least 4 members (excludes halogenated alkanes) is 1. The van der Waals surface area contributed by atoms with E-state index in [1.165, 1.54) is 11.9 Å². The van der Waals surface area contributed by atoms with Gasteiger partial charge >= 0.3 is 18.1 Å². The second kappa shape index (κ2) is 20.8. The van der Waals surface area contributed by atoms with E-state index in [1.807, 2.05) is 0 Å². The van der Waals surface area contributed by atoms with Gasteiger partial charge in [-0.1, -0.05) is 30.3 Å². The Balaban J connectivity index is 0.00000161. The van der Waals surface area contributed by atoms with Gasteiger partial charge in [-0.05, 0) is 44.2 Å². The number of carbonyl (C=O) groups is 7. The number of amides is 5. The molecule has 1 aromatic rings. The maximum Gasteiger partial charge on any atom is 0.490 e. The average molecular weight is 718 g/mol. The summed E-state index contributed by atoms with van der Waals surface area (Å²) >= 11 is 0. The van der Waals surface area contributed by atoms with Crippen LogP contribution < -0.4 is 38.5 Å². The molecule has 18 nitrogen and oxygen atoms in total. The molecule has 0 radical (unpaired) electrons. The number of nitrogens with one attached hydrogen (secondary N) is 4. The van der Waals surface area contributed by atoms with E-state index >= 15 is 0 Å². The van der Waals surface area contributed by atoms with Gasteiger partial charge in [-0.3, -0.25) is 29.0 Å². The van der Waals surface area contributed by atoms with Crippen molar-refractivity contribution in [1.82, 2.24) is 26.2 Å². The van der Waals surface area contributed by atoms with Gasteiger partial charge in [-0.25, -0.2) is 9.59 Å². The van der Waals surface area contributed by atoms with Crippen LogP contribution in [0.25, 0.3) is 0 Å². The first-order chi connectivity index (χ1) is 23.4. The van der Waals surface area contributed by atoms with Crippen molar-refractivity contribution < 1.29 is 56.9 Å². The van der Waals surface area contributed by atoms with Gasteiger partial charge in [0.1, 0.15) is 24.2 Å². The van der Waals surface area contributed by atoms with Crippen LogP contribution in [-0.2, 0) is 33.6 Å². The third-order valence-electron chi connectivity index (χ3n) is 7.00. The highest BCUT2D eigenvalue weighted by Crippen LogP contribution is 2.18. The maximum atomic E-state index is 13.7. The fourth-order valence-electron chi connectivity index (χ4n) is 4.46. The smallest absolute Gasteiger partial charge is 0.480 e. The lowest BCUT2D eigenvalue weighted by Crippen LogP contribution is -2.57. The Morgan fingerprint density at radius 2 is 1.54 bits per heavy atom. The SMILES string of the molecule is CN1C(=O)[C@@H](CCCN=C(N)N)NC(=O)CNC(=O)C[C@@H](C(=O)O)NC(=O)[C@@H](c2ccccc2)NC(=O)[C@H]1CCCCN.O=C(O)C(F)(F)F. The van der Waals surface area contributed by atoms with Gasteiger partial charge in [-0.2, -0.15) is 13.2 Å². The van der Waals surface area contributed by atoms with Gasteiger partial charge in [0.2, 0.25) is 29.5 Å². The molecule has 278 valence electrons. The molecule has 1 saturated heterocycles. The standard InChI is InChI=1S/C27H41N9O7.C2HF3O2/c1-36-19(11-5-6-12-28)23(39)35-22(16-8-3-2-4-9-16)24(40)34-18(26(42)43)14-20(37)32-15-21(38)33-17(25(36)41)10-7-13-31-27(29)30;3-2(4,5)1(6)7/h2-4,8-9,17-19,22H,5-7,10-15,28H2,1H3,(H,32,37)(H,33,38)(H,34,40)(H,35,39)(H,42,43)(H4,29,30,31);(H,6,7)/t17-,18+,19-,22-;/m1./s1. The number of aliphatic imine (C=N–C) groups is 1. The van der Waals surface area contributed by atoms with Crippen LogP contribution in [0.15, 0.2) is 35.3 Å². The third-order valence-corrected chi connectivity index (χ3v) is 7.00. The van der Waals surface area contributed by atoms with E-state index in [1.54, 1.807) is 30.3 Å². The van der Waals surface area contributed by atoms with Crippen LogP contribution in [-0.4, -0.2) is 114 Å². The zero-order valence-corrected chi connectivity index (χ0v) is 27.1. The summed E-state index contributed by atoms with van der Waals surface area (Å²) in [6.07, 6.45) is -4.13. The molecule has 4 atom stereocenters. The maximum absolute atomic E-state index is 13.7. The number of carbonyl (C=O) groups excluding carboxylic acids is 5. The van der Waals surface area contributed by atoms with Crippen LogP contribution in [0.5, 0.6) is 0 Å². The predicted octanol–water partition coefficient (Wildman–Crippen LogP) is -1.94. The molecule has 0 spiro atoms. The number of likely N-dealkylation sites (N-methyl/N-ethyl adjacent to an activating group) is 1. The number of nitrogens with zero attached hydrogens (tertiary/aromatic N) is 2. The van der Waals surface area contributed by atoms with E-state index in [0.29, 0.717) is 31.4 Å². The second-order valence-electron chi connectivity index (χ2n) is 10.9. The number of guanidine groups is 1. The van der Waals surface area contributed by atoms with Gasteiger partial charge < -0.3 is 53.6 Å². The number of nitrogens with two attached hydrogens (primary N) is 3. The molecule has 0 aromatic heterocycles. The number of alkyl halides is 3. The number of hydrogen-bond donors (Lipinski definition) is 9. The van der Waals surface area contributed by atoms with E-state index in [9.17, 15) is 47.0 Å². The molecule has 0 unspecified atom stereocenters. The van der Waals surface area contributed by atoms with Crippen molar-refractivity contribution in [2.45, 2.75) is 68.9 Å². The molecular formula is C29H42F3N9O9. The number of hydrogen-bond acceptors (Lipinski definition) is 9. The van der Waals surface area contributed by atoms with E-state index < -0.39 is 84.8 Å². The van der Waals surface area contributed by atoms with Crippen LogP contribution in [0.4, 0.5) is 13.2 Å². The van der Waals surface area contributed by atoms with Gasteiger partial charge in [0.05, 0.1) is 13.0 Å². The minimum atomic E-state index is -5.08. The van der Waals surface area contributed by atoms with Crippen LogP contribution in [0, 0.1) is 0 Å². The van der Waals surface area contributed by atoms with Crippen molar-refractivity contribution in [2.24, 2.45) is 22.2 Å². The summed E-state index contributed by atoms with van der Waals surface area (Å²) in [5.74, 6) is -8.08.